The van der Waals surface area contributed by atoms with Crippen LogP contribution in [0.4, 0.5) is 23.7 Å². The number of thioether (sulfide) groups is 1. The van der Waals surface area contributed by atoms with Gasteiger partial charge < -0.3 is 9.64 Å². The lowest BCUT2D eigenvalue weighted by Crippen LogP contribution is -2.40. The van der Waals surface area contributed by atoms with E-state index >= 15 is 0 Å². The van der Waals surface area contributed by atoms with E-state index in [0.717, 1.165) is 23.8 Å². The smallest absolute Gasteiger partial charge is 0.416 e. The largest absolute Gasteiger partial charge is 0.450 e. The number of carbonyl (C=O) groups is 3. The number of likely N-dealkylation sites (tertiary alicyclic amines) is 1. The van der Waals surface area contributed by atoms with Gasteiger partial charge in [-0.05, 0) is 60.5 Å². The Hall–Kier alpha value is -3.87. The molecule has 2 saturated heterocycles. The van der Waals surface area contributed by atoms with Crippen LogP contribution in [-0.4, -0.2) is 51.4 Å². The molecule has 0 saturated carbocycles. The van der Waals surface area contributed by atoms with Crippen molar-refractivity contribution in [1.82, 2.24) is 9.80 Å². The predicted molar refractivity (Wildman–Crippen MR) is 123 cm³/mol. The fourth-order valence-corrected chi connectivity index (χ4v) is 4.51. The van der Waals surface area contributed by atoms with E-state index in [1.165, 1.54) is 30.3 Å². The first-order chi connectivity index (χ1) is 17.0. The Kier molecular flexibility index (Phi) is 7.02. The second-order valence-electron chi connectivity index (χ2n) is 7.96. The third-order valence-electron chi connectivity index (χ3n) is 5.51. The second kappa shape index (κ2) is 10.0. The van der Waals surface area contributed by atoms with E-state index in [0.29, 0.717) is 42.5 Å². The number of hydrogen-bond acceptors (Lipinski definition) is 7. The van der Waals surface area contributed by atoms with Crippen LogP contribution in [-0.2, 0) is 15.8 Å². The SMILES string of the molecule is O=C(CN1C(=O)S/C(=C/c2ccc(Oc3ccc(C(F)(F)F)cc3[N+](=O)[O-])cc2)C1=O)N1CCCC1. The second-order valence-corrected chi connectivity index (χ2v) is 8.96. The minimum absolute atomic E-state index is 0.110. The summed E-state index contributed by atoms with van der Waals surface area (Å²) in [6.07, 6.45) is -1.51. The number of alkyl halides is 3. The van der Waals surface area contributed by atoms with Crippen molar-refractivity contribution < 1.29 is 37.2 Å². The third kappa shape index (κ3) is 5.51. The summed E-state index contributed by atoms with van der Waals surface area (Å²) in [5.41, 5.74) is -1.51. The molecule has 3 amide bonds. The minimum Gasteiger partial charge on any atom is -0.450 e. The van der Waals surface area contributed by atoms with Gasteiger partial charge in [0.25, 0.3) is 11.1 Å². The average molecular weight is 521 g/mol. The summed E-state index contributed by atoms with van der Waals surface area (Å²) in [4.78, 5) is 50.2. The predicted octanol–water partition coefficient (Wildman–Crippen LogP) is 5.06. The molecule has 188 valence electrons. The number of nitrogens with zero attached hydrogens (tertiary/aromatic N) is 3. The van der Waals surface area contributed by atoms with Gasteiger partial charge in [-0.2, -0.15) is 13.2 Å². The molecule has 0 unspecified atom stereocenters. The molecule has 2 fully saturated rings. The molecule has 2 heterocycles. The van der Waals surface area contributed by atoms with Gasteiger partial charge in [-0.25, -0.2) is 0 Å². The Morgan fingerprint density at radius 1 is 1.11 bits per heavy atom. The number of benzene rings is 2. The standard InChI is InChI=1S/C23H18F3N3O6S/c24-23(25,26)15-5-8-18(17(12-15)29(33)34)35-16-6-3-14(4-7-16)11-19-21(31)28(22(32)36-19)13-20(30)27-9-1-2-10-27/h3-8,11-12H,1-2,9-10,13H2/b19-11+. The zero-order valence-corrected chi connectivity index (χ0v) is 19.3. The maximum atomic E-state index is 12.9. The Balaban J connectivity index is 1.46. The van der Waals surface area contributed by atoms with Gasteiger partial charge in [0, 0.05) is 19.2 Å². The molecule has 0 N–H and O–H groups in total. The molecule has 0 spiro atoms. The van der Waals surface area contributed by atoms with Crippen molar-refractivity contribution in [3.8, 4) is 11.5 Å². The lowest BCUT2D eigenvalue weighted by molar-refractivity contribution is -0.385. The monoisotopic (exact) mass is 521 g/mol. The van der Waals surface area contributed by atoms with E-state index in [-0.39, 0.29) is 28.9 Å². The van der Waals surface area contributed by atoms with Crippen LogP contribution in [0.3, 0.4) is 0 Å². The van der Waals surface area contributed by atoms with Crippen molar-refractivity contribution in [1.29, 1.82) is 0 Å². The minimum atomic E-state index is -4.74. The topological polar surface area (TPSA) is 110 Å². The van der Waals surface area contributed by atoms with Crippen LogP contribution in [0.5, 0.6) is 11.5 Å². The van der Waals surface area contributed by atoms with Gasteiger partial charge in [0.05, 0.1) is 15.4 Å². The molecule has 0 radical (unpaired) electrons. The van der Waals surface area contributed by atoms with Crippen molar-refractivity contribution in [3.05, 3.63) is 68.6 Å². The molecule has 36 heavy (non-hydrogen) atoms. The number of imide groups is 1. The number of rotatable bonds is 6. The average Bonchev–Trinajstić information content (AvgIpc) is 3.45. The van der Waals surface area contributed by atoms with E-state index in [1.807, 2.05) is 0 Å². The van der Waals surface area contributed by atoms with Crippen LogP contribution in [0, 0.1) is 10.1 Å². The molecule has 2 aromatic carbocycles. The fourth-order valence-electron chi connectivity index (χ4n) is 3.67. The highest BCUT2D eigenvalue weighted by molar-refractivity contribution is 8.18. The first kappa shape index (κ1) is 25.2. The molecule has 0 aliphatic carbocycles. The van der Waals surface area contributed by atoms with Crippen molar-refractivity contribution in [2.24, 2.45) is 0 Å². The molecular weight excluding hydrogens is 503 g/mol. The van der Waals surface area contributed by atoms with Crippen LogP contribution in [0.2, 0.25) is 0 Å². The molecule has 2 aromatic rings. The van der Waals surface area contributed by atoms with Gasteiger partial charge in [0.1, 0.15) is 12.3 Å². The van der Waals surface area contributed by atoms with Crippen LogP contribution in [0.25, 0.3) is 6.08 Å². The highest BCUT2D eigenvalue weighted by Crippen LogP contribution is 2.38. The number of hydrogen-bond donors (Lipinski definition) is 0. The summed E-state index contributed by atoms with van der Waals surface area (Å²) in [6.45, 7) is 0.893. The van der Waals surface area contributed by atoms with Crippen LogP contribution in [0.15, 0.2) is 47.4 Å². The molecular formula is C23H18F3N3O6S. The normalized spacial score (nSPS) is 17.2. The molecule has 2 aliphatic heterocycles. The lowest BCUT2D eigenvalue weighted by atomic mass is 10.1. The molecule has 2 aliphatic rings. The Bertz CT molecular complexity index is 1260. The van der Waals surface area contributed by atoms with Crippen molar-refractivity contribution >= 4 is 40.6 Å². The third-order valence-corrected chi connectivity index (χ3v) is 6.42. The van der Waals surface area contributed by atoms with Gasteiger partial charge in [-0.15, -0.1) is 0 Å². The van der Waals surface area contributed by atoms with Crippen molar-refractivity contribution in [3.63, 3.8) is 0 Å². The summed E-state index contributed by atoms with van der Waals surface area (Å²) in [7, 11) is 0. The number of halogens is 3. The van der Waals surface area contributed by atoms with Crippen molar-refractivity contribution in [2.75, 3.05) is 19.6 Å². The van der Waals surface area contributed by atoms with E-state index in [9.17, 15) is 37.7 Å². The molecule has 13 heteroatoms. The number of amides is 3. The van der Waals surface area contributed by atoms with Gasteiger partial charge in [0.15, 0.2) is 0 Å². The van der Waals surface area contributed by atoms with Gasteiger partial charge in [-0.3, -0.25) is 29.4 Å². The number of ether oxygens (including phenoxy) is 1. The van der Waals surface area contributed by atoms with Gasteiger partial charge in [0.2, 0.25) is 11.7 Å². The maximum Gasteiger partial charge on any atom is 0.416 e. The Morgan fingerprint density at radius 2 is 1.78 bits per heavy atom. The quantitative estimate of drug-likeness (QED) is 0.297. The number of nitro benzene ring substituents is 1. The highest BCUT2D eigenvalue weighted by atomic mass is 32.2. The van der Waals surface area contributed by atoms with Crippen LogP contribution in [0.1, 0.15) is 24.0 Å². The molecule has 0 aromatic heterocycles. The molecule has 4 rings (SSSR count). The summed E-state index contributed by atoms with van der Waals surface area (Å²) in [6, 6.07) is 7.79. The van der Waals surface area contributed by atoms with E-state index in [4.69, 9.17) is 4.74 Å². The summed E-state index contributed by atoms with van der Waals surface area (Å²) in [5.74, 6) is -1.13. The van der Waals surface area contributed by atoms with E-state index in [1.54, 1.807) is 4.90 Å². The first-order valence-electron chi connectivity index (χ1n) is 10.7. The highest BCUT2D eigenvalue weighted by Gasteiger charge is 2.37. The Labute approximate surface area is 206 Å². The zero-order valence-electron chi connectivity index (χ0n) is 18.5. The fraction of sp³-hybridized carbons (Fsp3) is 0.261. The summed E-state index contributed by atoms with van der Waals surface area (Å²) in [5, 5.41) is 10.7. The van der Waals surface area contributed by atoms with E-state index in [2.05, 4.69) is 0 Å². The molecule has 0 bridgehead atoms. The van der Waals surface area contributed by atoms with Gasteiger partial charge >= 0.3 is 11.9 Å². The number of carbonyl (C=O) groups excluding carboxylic acids is 3. The Morgan fingerprint density at radius 3 is 2.39 bits per heavy atom. The maximum absolute atomic E-state index is 12.9. The lowest BCUT2D eigenvalue weighted by Gasteiger charge is -2.18. The summed E-state index contributed by atoms with van der Waals surface area (Å²) >= 11 is 0.706. The van der Waals surface area contributed by atoms with E-state index < -0.39 is 33.5 Å². The first-order valence-corrected chi connectivity index (χ1v) is 11.5. The van der Waals surface area contributed by atoms with Crippen molar-refractivity contribution in [2.45, 2.75) is 19.0 Å². The number of nitro groups is 1. The molecule has 0 atom stereocenters. The van der Waals surface area contributed by atoms with Crippen LogP contribution < -0.4 is 4.74 Å². The van der Waals surface area contributed by atoms with Gasteiger partial charge in [-0.1, -0.05) is 12.1 Å². The summed E-state index contributed by atoms with van der Waals surface area (Å²) < 4.78 is 44.0. The zero-order chi connectivity index (χ0) is 26.0. The molecule has 9 nitrogen and oxygen atoms in total. The van der Waals surface area contributed by atoms with Crippen LogP contribution >= 0.6 is 11.8 Å².